The van der Waals surface area contributed by atoms with Gasteiger partial charge in [-0.15, -0.1) is 0 Å². The van der Waals surface area contributed by atoms with E-state index in [9.17, 15) is 9.59 Å². The fraction of sp³-hybridized carbons (Fsp3) is 0.556. The molecule has 23 heavy (non-hydrogen) atoms. The summed E-state index contributed by atoms with van der Waals surface area (Å²) in [6.07, 6.45) is -0.527. The molecule has 1 amide bonds. The number of morpholine rings is 1. The smallest absolute Gasteiger partial charge is 0.334 e. The summed E-state index contributed by atoms with van der Waals surface area (Å²) >= 11 is 0. The Morgan fingerprint density at radius 3 is 2.39 bits per heavy atom. The monoisotopic (exact) mass is 319 g/mol. The molecule has 1 aromatic rings. The summed E-state index contributed by atoms with van der Waals surface area (Å²) in [6, 6.07) is 8.37. The Morgan fingerprint density at radius 2 is 1.83 bits per heavy atom. The molecule has 0 bridgehead atoms. The van der Waals surface area contributed by atoms with Crippen LogP contribution in [0, 0.1) is 0 Å². The van der Waals surface area contributed by atoms with Crippen molar-refractivity contribution in [3.8, 4) is 0 Å². The number of ether oxygens (including phenoxy) is 1. The van der Waals surface area contributed by atoms with Crippen LogP contribution in [0.25, 0.3) is 0 Å². The van der Waals surface area contributed by atoms with Gasteiger partial charge < -0.3 is 14.7 Å². The molecule has 1 aromatic carbocycles. The Balaban J connectivity index is 1.95. The van der Waals surface area contributed by atoms with E-state index in [4.69, 9.17) is 9.84 Å². The number of aliphatic carboxylic acids is 1. The van der Waals surface area contributed by atoms with Crippen LogP contribution in [0.3, 0.4) is 0 Å². The molecule has 1 aliphatic heterocycles. The average Bonchev–Trinajstić information content (AvgIpc) is 2.54. The topological polar surface area (TPSA) is 66.8 Å². The standard InChI is InChI=1S/C18H25NO4/c1-12(2)14-4-6-15(7-5-14)13(3)10-17(20)19-8-9-23-16(11-19)18(21)22/h4-7,12-13,16H,8-11H2,1-3H3,(H,21,22). The summed E-state index contributed by atoms with van der Waals surface area (Å²) in [7, 11) is 0. The van der Waals surface area contributed by atoms with E-state index < -0.39 is 12.1 Å². The summed E-state index contributed by atoms with van der Waals surface area (Å²) in [5, 5.41) is 9.01. The van der Waals surface area contributed by atoms with Crippen molar-refractivity contribution in [1.29, 1.82) is 0 Å². The van der Waals surface area contributed by atoms with Crippen LogP contribution in [0.2, 0.25) is 0 Å². The van der Waals surface area contributed by atoms with Crippen LogP contribution in [0.1, 0.15) is 50.2 Å². The third-order valence-corrected chi connectivity index (χ3v) is 4.35. The molecule has 0 spiro atoms. The van der Waals surface area contributed by atoms with Gasteiger partial charge in [0.25, 0.3) is 0 Å². The minimum atomic E-state index is -1.01. The maximum Gasteiger partial charge on any atom is 0.334 e. The summed E-state index contributed by atoms with van der Waals surface area (Å²) in [5.74, 6) is -0.433. The van der Waals surface area contributed by atoms with Crippen molar-refractivity contribution < 1.29 is 19.4 Å². The van der Waals surface area contributed by atoms with Gasteiger partial charge in [0.15, 0.2) is 6.10 Å². The molecule has 2 unspecified atom stereocenters. The molecule has 2 rings (SSSR count). The summed E-state index contributed by atoms with van der Waals surface area (Å²) in [5.41, 5.74) is 2.41. The molecule has 0 aliphatic carbocycles. The second-order valence-corrected chi connectivity index (χ2v) is 6.46. The first-order valence-electron chi connectivity index (χ1n) is 8.10. The highest BCUT2D eigenvalue weighted by Crippen LogP contribution is 2.23. The molecule has 5 heteroatoms. The zero-order valence-electron chi connectivity index (χ0n) is 14.0. The van der Waals surface area contributed by atoms with Crippen molar-refractivity contribution in [2.24, 2.45) is 0 Å². The Morgan fingerprint density at radius 1 is 1.22 bits per heavy atom. The molecule has 126 valence electrons. The molecule has 5 nitrogen and oxygen atoms in total. The maximum absolute atomic E-state index is 12.4. The lowest BCUT2D eigenvalue weighted by Gasteiger charge is -2.31. The van der Waals surface area contributed by atoms with Gasteiger partial charge in [-0.25, -0.2) is 4.79 Å². The second kappa shape index (κ2) is 7.59. The predicted octanol–water partition coefficient (Wildman–Crippen LogP) is 2.62. The lowest BCUT2D eigenvalue weighted by Crippen LogP contribution is -2.48. The van der Waals surface area contributed by atoms with E-state index in [1.165, 1.54) is 5.56 Å². The molecule has 0 aromatic heterocycles. The lowest BCUT2D eigenvalue weighted by molar-refractivity contribution is -0.159. The lowest BCUT2D eigenvalue weighted by atomic mass is 9.94. The van der Waals surface area contributed by atoms with E-state index in [-0.39, 0.29) is 25.0 Å². The Hall–Kier alpha value is -1.88. The molecular weight excluding hydrogens is 294 g/mol. The summed E-state index contributed by atoms with van der Waals surface area (Å²) in [6.45, 7) is 7.20. The van der Waals surface area contributed by atoms with E-state index in [0.29, 0.717) is 18.9 Å². The van der Waals surface area contributed by atoms with Crippen LogP contribution >= 0.6 is 0 Å². The van der Waals surface area contributed by atoms with Gasteiger partial charge in [0.1, 0.15) is 0 Å². The van der Waals surface area contributed by atoms with Gasteiger partial charge in [-0.2, -0.15) is 0 Å². The van der Waals surface area contributed by atoms with Crippen molar-refractivity contribution >= 4 is 11.9 Å². The number of carboxylic acid groups (broad SMARTS) is 1. The quantitative estimate of drug-likeness (QED) is 0.906. The van der Waals surface area contributed by atoms with Gasteiger partial charge >= 0.3 is 5.97 Å². The molecule has 0 radical (unpaired) electrons. The number of hydrogen-bond acceptors (Lipinski definition) is 3. The number of carbonyl (C=O) groups is 2. The third-order valence-electron chi connectivity index (χ3n) is 4.35. The van der Waals surface area contributed by atoms with Crippen molar-refractivity contribution in [3.05, 3.63) is 35.4 Å². The highest BCUT2D eigenvalue weighted by Gasteiger charge is 2.29. The van der Waals surface area contributed by atoms with E-state index in [0.717, 1.165) is 5.56 Å². The van der Waals surface area contributed by atoms with Crippen LogP contribution < -0.4 is 0 Å². The second-order valence-electron chi connectivity index (χ2n) is 6.46. The minimum Gasteiger partial charge on any atom is -0.479 e. The van der Waals surface area contributed by atoms with Crippen molar-refractivity contribution in [2.75, 3.05) is 19.7 Å². The molecule has 1 heterocycles. The first-order chi connectivity index (χ1) is 10.9. The minimum absolute atomic E-state index is 0.0139. The molecule has 1 fully saturated rings. The van der Waals surface area contributed by atoms with E-state index in [1.54, 1.807) is 4.90 Å². The SMILES string of the molecule is CC(C)c1ccc(C(C)CC(=O)N2CCOC(C(=O)O)C2)cc1. The largest absolute Gasteiger partial charge is 0.479 e. The Bertz CT molecular complexity index is 553. The highest BCUT2D eigenvalue weighted by atomic mass is 16.5. The van der Waals surface area contributed by atoms with Crippen LogP contribution in [0.4, 0.5) is 0 Å². The van der Waals surface area contributed by atoms with E-state index in [1.807, 2.05) is 6.92 Å². The number of carboxylic acids is 1. The molecular formula is C18H25NO4. The Kier molecular flexibility index (Phi) is 5.77. The van der Waals surface area contributed by atoms with Crippen molar-refractivity contribution in [1.82, 2.24) is 4.90 Å². The number of hydrogen-bond donors (Lipinski definition) is 1. The highest BCUT2D eigenvalue weighted by molar-refractivity contribution is 5.79. The summed E-state index contributed by atoms with van der Waals surface area (Å²) < 4.78 is 5.15. The third kappa shape index (κ3) is 4.55. The number of benzene rings is 1. The number of rotatable bonds is 5. The first-order valence-corrected chi connectivity index (χ1v) is 8.10. The predicted molar refractivity (Wildman–Crippen MR) is 87.5 cm³/mol. The van der Waals surface area contributed by atoms with Crippen molar-refractivity contribution in [3.63, 3.8) is 0 Å². The van der Waals surface area contributed by atoms with Crippen LogP contribution in [-0.4, -0.2) is 47.7 Å². The number of nitrogens with zero attached hydrogens (tertiary/aromatic N) is 1. The van der Waals surface area contributed by atoms with E-state index in [2.05, 4.69) is 38.1 Å². The van der Waals surface area contributed by atoms with Gasteiger partial charge in [-0.05, 0) is 23.0 Å². The fourth-order valence-corrected chi connectivity index (χ4v) is 2.74. The van der Waals surface area contributed by atoms with Crippen molar-refractivity contribution in [2.45, 2.75) is 45.1 Å². The molecule has 1 aliphatic rings. The van der Waals surface area contributed by atoms with Gasteiger partial charge in [-0.3, -0.25) is 4.79 Å². The first kappa shape index (κ1) is 17.5. The molecule has 0 saturated carbocycles. The van der Waals surface area contributed by atoms with E-state index >= 15 is 0 Å². The van der Waals surface area contributed by atoms with Crippen LogP contribution in [0.5, 0.6) is 0 Å². The molecule has 2 atom stereocenters. The zero-order valence-corrected chi connectivity index (χ0v) is 14.0. The fourth-order valence-electron chi connectivity index (χ4n) is 2.74. The van der Waals surface area contributed by atoms with Gasteiger partial charge in [0.05, 0.1) is 13.2 Å². The molecule has 1 saturated heterocycles. The van der Waals surface area contributed by atoms with Crippen LogP contribution in [-0.2, 0) is 14.3 Å². The van der Waals surface area contributed by atoms with Gasteiger partial charge in [0, 0.05) is 13.0 Å². The van der Waals surface area contributed by atoms with Gasteiger partial charge in [-0.1, -0.05) is 45.0 Å². The molecule has 1 N–H and O–H groups in total. The Labute approximate surface area is 137 Å². The zero-order chi connectivity index (χ0) is 17.0. The van der Waals surface area contributed by atoms with Gasteiger partial charge in [0.2, 0.25) is 5.91 Å². The maximum atomic E-state index is 12.4. The van der Waals surface area contributed by atoms with Crippen LogP contribution in [0.15, 0.2) is 24.3 Å². The summed E-state index contributed by atoms with van der Waals surface area (Å²) in [4.78, 5) is 25.0. The average molecular weight is 319 g/mol. The normalized spacial score (nSPS) is 19.7. The number of amides is 1. The number of carbonyl (C=O) groups excluding carboxylic acids is 1.